The van der Waals surface area contributed by atoms with Crippen molar-refractivity contribution in [2.45, 2.75) is 6.42 Å². The molecule has 0 atom stereocenters. The summed E-state index contributed by atoms with van der Waals surface area (Å²) < 4.78 is 13.3. The Labute approximate surface area is 124 Å². The number of Topliss-reactive ketones (excluding diaryl/α,β-unsaturated/α-hetero) is 2. The Hall–Kier alpha value is -1.78. The van der Waals surface area contributed by atoms with E-state index in [4.69, 9.17) is 23.2 Å². The van der Waals surface area contributed by atoms with Gasteiger partial charge in [0.15, 0.2) is 11.6 Å². The summed E-state index contributed by atoms with van der Waals surface area (Å²) in [4.78, 5) is 27.6. The molecule has 0 amide bonds. The molecule has 1 heterocycles. The van der Waals surface area contributed by atoms with Crippen LogP contribution in [0.4, 0.5) is 4.39 Å². The third-order valence-corrected chi connectivity index (χ3v) is 3.22. The molecule has 102 valence electrons. The van der Waals surface area contributed by atoms with Gasteiger partial charge in [0.1, 0.15) is 5.82 Å². The van der Waals surface area contributed by atoms with Crippen LogP contribution in [0.3, 0.4) is 0 Å². The first-order valence-electron chi connectivity index (χ1n) is 5.60. The van der Waals surface area contributed by atoms with Gasteiger partial charge in [-0.2, -0.15) is 0 Å². The van der Waals surface area contributed by atoms with Crippen LogP contribution >= 0.6 is 23.2 Å². The fraction of sp³-hybridized carbons (Fsp3) is 0.0714. The predicted molar refractivity (Wildman–Crippen MR) is 73.9 cm³/mol. The summed E-state index contributed by atoms with van der Waals surface area (Å²) in [7, 11) is 0. The van der Waals surface area contributed by atoms with Crippen molar-refractivity contribution in [1.29, 1.82) is 0 Å². The number of halogens is 3. The first kappa shape index (κ1) is 14.6. The van der Waals surface area contributed by atoms with Gasteiger partial charge in [0.2, 0.25) is 0 Å². The molecule has 0 bridgehead atoms. The maximum atomic E-state index is 13.3. The zero-order chi connectivity index (χ0) is 14.7. The average molecular weight is 312 g/mol. The monoisotopic (exact) mass is 311 g/mol. The Morgan fingerprint density at radius 3 is 2.55 bits per heavy atom. The molecule has 0 radical (unpaired) electrons. The lowest BCUT2D eigenvalue weighted by atomic mass is 10.0. The van der Waals surface area contributed by atoms with Crippen molar-refractivity contribution in [2.75, 3.05) is 0 Å². The van der Waals surface area contributed by atoms with Crippen LogP contribution in [-0.4, -0.2) is 16.6 Å². The highest BCUT2D eigenvalue weighted by Crippen LogP contribution is 2.25. The molecular formula is C14H8Cl2FNO2. The van der Waals surface area contributed by atoms with Gasteiger partial charge in [-0.3, -0.25) is 14.6 Å². The Balaban J connectivity index is 2.21. The van der Waals surface area contributed by atoms with E-state index in [0.717, 1.165) is 12.1 Å². The van der Waals surface area contributed by atoms with E-state index in [0.29, 0.717) is 5.56 Å². The summed E-state index contributed by atoms with van der Waals surface area (Å²) >= 11 is 11.4. The van der Waals surface area contributed by atoms with E-state index in [-0.39, 0.29) is 15.6 Å². The Kier molecular flexibility index (Phi) is 4.47. The number of benzene rings is 1. The SMILES string of the molecule is O=C(CC(=O)c1cc(F)c(Cl)cc1Cl)c1cccnc1. The van der Waals surface area contributed by atoms with Crippen LogP contribution in [0.1, 0.15) is 27.1 Å². The fourth-order valence-corrected chi connectivity index (χ4v) is 2.10. The number of nitrogens with zero attached hydrogens (tertiary/aromatic N) is 1. The van der Waals surface area contributed by atoms with Crippen LogP contribution < -0.4 is 0 Å². The van der Waals surface area contributed by atoms with Gasteiger partial charge in [0, 0.05) is 23.5 Å². The van der Waals surface area contributed by atoms with E-state index in [1.165, 1.54) is 12.4 Å². The van der Waals surface area contributed by atoms with Crippen molar-refractivity contribution >= 4 is 34.8 Å². The van der Waals surface area contributed by atoms with Crippen molar-refractivity contribution in [3.05, 3.63) is 63.6 Å². The lowest BCUT2D eigenvalue weighted by Gasteiger charge is -2.05. The second-order valence-electron chi connectivity index (χ2n) is 4.01. The third-order valence-electron chi connectivity index (χ3n) is 2.61. The number of hydrogen-bond donors (Lipinski definition) is 0. The minimum Gasteiger partial charge on any atom is -0.294 e. The molecule has 0 aliphatic rings. The van der Waals surface area contributed by atoms with E-state index in [2.05, 4.69) is 4.98 Å². The van der Waals surface area contributed by atoms with E-state index >= 15 is 0 Å². The molecule has 0 saturated heterocycles. The van der Waals surface area contributed by atoms with Gasteiger partial charge < -0.3 is 0 Å². The number of hydrogen-bond acceptors (Lipinski definition) is 3. The van der Waals surface area contributed by atoms with Crippen molar-refractivity contribution in [2.24, 2.45) is 0 Å². The van der Waals surface area contributed by atoms with E-state index in [9.17, 15) is 14.0 Å². The van der Waals surface area contributed by atoms with Gasteiger partial charge in [0.05, 0.1) is 16.5 Å². The lowest BCUT2D eigenvalue weighted by Crippen LogP contribution is -2.09. The van der Waals surface area contributed by atoms with Gasteiger partial charge >= 0.3 is 0 Å². The van der Waals surface area contributed by atoms with Crippen molar-refractivity contribution in [3.8, 4) is 0 Å². The van der Waals surface area contributed by atoms with Crippen LogP contribution in [0, 0.1) is 5.82 Å². The van der Waals surface area contributed by atoms with Gasteiger partial charge in [-0.25, -0.2) is 4.39 Å². The quantitative estimate of drug-likeness (QED) is 0.487. The predicted octanol–water partition coefficient (Wildman–Crippen LogP) is 3.98. The molecule has 6 heteroatoms. The molecule has 3 nitrogen and oxygen atoms in total. The molecule has 0 aliphatic carbocycles. The number of carbonyl (C=O) groups is 2. The topological polar surface area (TPSA) is 47.0 Å². The second kappa shape index (κ2) is 6.11. The van der Waals surface area contributed by atoms with Crippen LogP contribution in [-0.2, 0) is 0 Å². The highest BCUT2D eigenvalue weighted by Gasteiger charge is 2.18. The van der Waals surface area contributed by atoms with Crippen LogP contribution in [0.25, 0.3) is 0 Å². The first-order valence-corrected chi connectivity index (χ1v) is 6.35. The highest BCUT2D eigenvalue weighted by molar-refractivity contribution is 6.37. The molecule has 0 unspecified atom stereocenters. The molecule has 20 heavy (non-hydrogen) atoms. The molecule has 1 aromatic carbocycles. The molecule has 0 fully saturated rings. The van der Waals surface area contributed by atoms with E-state index < -0.39 is 23.8 Å². The zero-order valence-corrected chi connectivity index (χ0v) is 11.6. The Morgan fingerprint density at radius 2 is 1.90 bits per heavy atom. The van der Waals surface area contributed by atoms with E-state index in [1.807, 2.05) is 0 Å². The molecule has 2 rings (SSSR count). The highest BCUT2D eigenvalue weighted by atomic mass is 35.5. The maximum absolute atomic E-state index is 13.3. The van der Waals surface area contributed by atoms with Crippen LogP contribution in [0.2, 0.25) is 10.0 Å². The van der Waals surface area contributed by atoms with E-state index in [1.54, 1.807) is 12.1 Å². The number of ketones is 2. The van der Waals surface area contributed by atoms with Crippen molar-refractivity contribution in [1.82, 2.24) is 4.98 Å². The largest absolute Gasteiger partial charge is 0.294 e. The number of pyridine rings is 1. The summed E-state index contributed by atoms with van der Waals surface area (Å²) in [5.41, 5.74) is 0.247. The molecule has 0 spiro atoms. The van der Waals surface area contributed by atoms with Crippen molar-refractivity contribution in [3.63, 3.8) is 0 Å². The average Bonchev–Trinajstić information content (AvgIpc) is 2.43. The first-order chi connectivity index (χ1) is 9.49. The molecule has 0 aliphatic heterocycles. The minimum atomic E-state index is -0.756. The molecule has 0 saturated carbocycles. The third kappa shape index (κ3) is 3.21. The normalized spacial score (nSPS) is 10.3. The summed E-state index contributed by atoms with van der Waals surface area (Å²) in [6, 6.07) is 5.21. The van der Waals surface area contributed by atoms with Gasteiger partial charge in [-0.15, -0.1) is 0 Å². The molecular weight excluding hydrogens is 304 g/mol. The summed E-state index contributed by atoms with van der Waals surface area (Å²) in [5, 5.41) is -0.162. The number of aromatic nitrogens is 1. The molecule has 0 N–H and O–H groups in total. The summed E-state index contributed by atoms with van der Waals surface area (Å²) in [5.74, 6) is -1.73. The van der Waals surface area contributed by atoms with Crippen molar-refractivity contribution < 1.29 is 14.0 Å². The number of carbonyl (C=O) groups excluding carboxylic acids is 2. The second-order valence-corrected chi connectivity index (χ2v) is 4.83. The zero-order valence-electron chi connectivity index (χ0n) is 10.1. The lowest BCUT2D eigenvalue weighted by molar-refractivity contribution is 0.0894. The molecule has 1 aromatic heterocycles. The smallest absolute Gasteiger partial charge is 0.172 e. The standard InChI is InChI=1S/C14H8Cl2FNO2/c15-10-5-11(16)12(17)4-9(10)14(20)6-13(19)8-2-1-3-18-7-8/h1-5,7H,6H2. The van der Waals surface area contributed by atoms with Gasteiger partial charge in [-0.1, -0.05) is 23.2 Å². The minimum absolute atomic E-state index is 0.0142. The summed E-state index contributed by atoms with van der Waals surface area (Å²) in [6.45, 7) is 0. The van der Waals surface area contributed by atoms with Gasteiger partial charge in [0.25, 0.3) is 0 Å². The fourth-order valence-electron chi connectivity index (χ4n) is 1.61. The Morgan fingerprint density at radius 1 is 1.15 bits per heavy atom. The van der Waals surface area contributed by atoms with Crippen LogP contribution in [0.15, 0.2) is 36.7 Å². The maximum Gasteiger partial charge on any atom is 0.172 e. The number of rotatable bonds is 4. The van der Waals surface area contributed by atoms with Gasteiger partial charge in [-0.05, 0) is 24.3 Å². The summed E-state index contributed by atoms with van der Waals surface area (Å²) in [6.07, 6.45) is 2.47. The Bertz CT molecular complexity index is 674. The van der Waals surface area contributed by atoms with Crippen LogP contribution in [0.5, 0.6) is 0 Å². The molecule has 2 aromatic rings.